The highest BCUT2D eigenvalue weighted by Crippen LogP contribution is 2.52. The normalized spacial score (nSPS) is 21.1. The third-order valence-corrected chi connectivity index (χ3v) is 5.04. The first-order valence-electron chi connectivity index (χ1n) is 7.78. The third kappa shape index (κ3) is 2.50. The van der Waals surface area contributed by atoms with Crippen molar-refractivity contribution in [1.82, 2.24) is 4.81 Å². The van der Waals surface area contributed by atoms with Gasteiger partial charge >= 0.3 is 0 Å². The lowest BCUT2D eigenvalue weighted by atomic mass is 9.56. The quantitative estimate of drug-likeness (QED) is 0.795. The fraction of sp³-hybridized carbons (Fsp3) is 0.588. The van der Waals surface area contributed by atoms with Crippen molar-refractivity contribution in [3.8, 4) is 0 Å². The molecule has 2 fully saturated rings. The maximum atomic E-state index is 12.7. The van der Waals surface area contributed by atoms with Gasteiger partial charge in [-0.1, -0.05) is 32.0 Å². The smallest absolute Gasteiger partial charge is 0.229 e. The molecule has 1 aromatic rings. The molecule has 1 saturated heterocycles. The van der Waals surface area contributed by atoms with E-state index in [9.17, 15) is 4.79 Å². The van der Waals surface area contributed by atoms with Crippen LogP contribution in [0.2, 0.25) is 0 Å². The van der Waals surface area contributed by atoms with Crippen LogP contribution < -0.4 is 4.90 Å². The van der Waals surface area contributed by atoms with Crippen LogP contribution in [0.4, 0.5) is 5.69 Å². The minimum Gasteiger partial charge on any atom is -0.352 e. The summed E-state index contributed by atoms with van der Waals surface area (Å²) in [6.07, 6.45) is 1.99. The highest BCUT2D eigenvalue weighted by atomic mass is 16.2. The maximum Gasteiger partial charge on any atom is 0.229 e. The van der Waals surface area contributed by atoms with Gasteiger partial charge in [-0.15, -0.1) is 0 Å². The summed E-state index contributed by atoms with van der Waals surface area (Å²) < 4.78 is 0. The second-order valence-corrected chi connectivity index (χ2v) is 7.12. The Kier molecular flexibility index (Phi) is 3.60. The van der Waals surface area contributed by atoms with Crippen molar-refractivity contribution in [2.45, 2.75) is 32.6 Å². The Morgan fingerprint density at radius 1 is 1.33 bits per heavy atom. The van der Waals surface area contributed by atoms with E-state index >= 15 is 0 Å². The molecule has 0 bridgehead atoms. The predicted molar refractivity (Wildman–Crippen MR) is 86.4 cm³/mol. The van der Waals surface area contributed by atoms with Crippen molar-refractivity contribution < 1.29 is 4.79 Å². The monoisotopic (exact) mass is 282 g/mol. The number of carbonyl (C=O) groups excluding carboxylic acids is 1. The number of amides is 1. The molecule has 21 heavy (non-hydrogen) atoms. The molecular weight excluding hydrogens is 259 g/mol. The first-order chi connectivity index (χ1) is 9.92. The molecule has 2 radical (unpaired) electrons. The molecule has 3 rings (SSSR count). The van der Waals surface area contributed by atoms with Crippen molar-refractivity contribution in [3.05, 3.63) is 29.8 Å². The van der Waals surface area contributed by atoms with Crippen molar-refractivity contribution >= 4 is 19.6 Å². The molecule has 0 N–H and O–H groups in total. The van der Waals surface area contributed by atoms with Crippen molar-refractivity contribution in [3.63, 3.8) is 0 Å². The Hall–Kier alpha value is -1.29. The average Bonchev–Trinajstić information content (AvgIpc) is 2.39. The first kappa shape index (κ1) is 14.6. The number of hydrogen-bond donors (Lipinski definition) is 0. The summed E-state index contributed by atoms with van der Waals surface area (Å²) >= 11 is 0. The maximum absolute atomic E-state index is 12.7. The van der Waals surface area contributed by atoms with Gasteiger partial charge in [-0.25, -0.2) is 0 Å². The molecule has 0 unspecified atom stereocenters. The van der Waals surface area contributed by atoms with Gasteiger partial charge in [-0.3, -0.25) is 4.79 Å². The van der Waals surface area contributed by atoms with E-state index in [0.29, 0.717) is 11.3 Å². The van der Waals surface area contributed by atoms with E-state index in [2.05, 4.69) is 19.9 Å². The van der Waals surface area contributed by atoms with Crippen LogP contribution in [0.5, 0.6) is 0 Å². The van der Waals surface area contributed by atoms with Gasteiger partial charge in [-0.2, -0.15) is 0 Å². The van der Waals surface area contributed by atoms with Gasteiger partial charge in [-0.05, 0) is 48.9 Å². The third-order valence-electron chi connectivity index (χ3n) is 5.04. The number of benzene rings is 1. The summed E-state index contributed by atoms with van der Waals surface area (Å²) in [5, 5.41) is 0. The summed E-state index contributed by atoms with van der Waals surface area (Å²) in [6, 6.07) is 8.21. The van der Waals surface area contributed by atoms with Crippen LogP contribution in [0.25, 0.3) is 0 Å². The molecule has 1 saturated carbocycles. The molecule has 2 aliphatic rings. The number of rotatable bonds is 3. The van der Waals surface area contributed by atoms with Crippen molar-refractivity contribution in [2.24, 2.45) is 11.3 Å². The van der Waals surface area contributed by atoms with E-state index in [1.165, 1.54) is 5.56 Å². The zero-order valence-corrected chi connectivity index (χ0v) is 13.2. The Bertz CT molecular complexity index is 543. The molecule has 110 valence electrons. The molecule has 1 heterocycles. The lowest BCUT2D eigenvalue weighted by Crippen LogP contribution is -2.63. The zero-order chi connectivity index (χ0) is 15.2. The largest absolute Gasteiger partial charge is 0.352 e. The number of carbonyl (C=O) groups is 1. The summed E-state index contributed by atoms with van der Waals surface area (Å²) in [5.41, 5.74) is 2.62. The molecule has 1 aliphatic carbocycles. The Balaban J connectivity index is 1.69. The minimum absolute atomic E-state index is 0.170. The van der Waals surface area contributed by atoms with E-state index in [4.69, 9.17) is 7.98 Å². The van der Waals surface area contributed by atoms with Gasteiger partial charge in [0.05, 0.1) is 0 Å². The minimum atomic E-state index is 0.170. The number of hydrogen-bond acceptors (Lipinski definition) is 2. The van der Waals surface area contributed by atoms with Crippen LogP contribution in [0.1, 0.15) is 38.2 Å². The van der Waals surface area contributed by atoms with Crippen LogP contribution in [0.3, 0.4) is 0 Å². The summed E-state index contributed by atoms with van der Waals surface area (Å²) in [4.78, 5) is 16.4. The summed E-state index contributed by atoms with van der Waals surface area (Å²) in [7, 11) is 7.63. The highest BCUT2D eigenvalue weighted by Gasteiger charge is 2.53. The predicted octanol–water partition coefficient (Wildman–Crippen LogP) is 2.57. The van der Waals surface area contributed by atoms with E-state index in [1.54, 1.807) is 0 Å². The van der Waals surface area contributed by atoms with Gasteiger partial charge in [0, 0.05) is 18.7 Å². The summed E-state index contributed by atoms with van der Waals surface area (Å²) in [5.74, 6) is 0.842. The standard InChI is InChI=1S/C17H23BN2O/c1-12(2)14-6-4-5-7-15(14)19(3)16(21)13-8-17(9-13)10-20(18)11-17/h4-7,12-13H,8-11H2,1-3H3. The number of para-hydroxylation sites is 1. The molecule has 1 amide bonds. The SMILES string of the molecule is [B]N1CC2(CC(C(=O)N(C)c3ccccc3C(C)C)C2)C1. The molecule has 4 heteroatoms. The zero-order valence-electron chi connectivity index (χ0n) is 13.2. The Morgan fingerprint density at radius 2 is 1.95 bits per heavy atom. The highest BCUT2D eigenvalue weighted by molar-refractivity contribution is 6.05. The second kappa shape index (κ2) is 5.17. The fourth-order valence-corrected chi connectivity index (χ4v) is 3.91. The molecule has 1 aliphatic heterocycles. The van der Waals surface area contributed by atoms with Gasteiger partial charge in [0.1, 0.15) is 0 Å². The lowest BCUT2D eigenvalue weighted by Gasteiger charge is -2.58. The molecule has 0 aromatic heterocycles. The lowest BCUT2D eigenvalue weighted by molar-refractivity contribution is -0.135. The van der Waals surface area contributed by atoms with Crippen LogP contribution in [-0.4, -0.2) is 38.8 Å². The Morgan fingerprint density at radius 3 is 2.52 bits per heavy atom. The van der Waals surface area contributed by atoms with E-state index in [1.807, 2.05) is 35.0 Å². The molecule has 3 nitrogen and oxygen atoms in total. The number of nitrogens with zero attached hydrogens (tertiary/aromatic N) is 2. The van der Waals surface area contributed by atoms with Crippen molar-refractivity contribution in [1.29, 1.82) is 0 Å². The molecular formula is C17H23BN2O. The molecule has 1 aromatic carbocycles. The average molecular weight is 282 g/mol. The van der Waals surface area contributed by atoms with Gasteiger partial charge in [0.2, 0.25) is 5.91 Å². The Labute approximate surface area is 128 Å². The van der Waals surface area contributed by atoms with Crippen molar-refractivity contribution in [2.75, 3.05) is 25.0 Å². The molecule has 1 spiro atoms. The van der Waals surface area contributed by atoms with E-state index in [-0.39, 0.29) is 11.8 Å². The van der Waals surface area contributed by atoms with Crippen LogP contribution in [-0.2, 0) is 4.79 Å². The van der Waals surface area contributed by atoms with Gasteiger partial charge in [0.25, 0.3) is 0 Å². The van der Waals surface area contributed by atoms with Crippen LogP contribution in [0, 0.1) is 11.3 Å². The van der Waals surface area contributed by atoms with Gasteiger partial charge in [0.15, 0.2) is 7.98 Å². The van der Waals surface area contributed by atoms with E-state index < -0.39 is 0 Å². The molecule has 0 atom stereocenters. The topological polar surface area (TPSA) is 23.6 Å². The summed E-state index contributed by atoms with van der Waals surface area (Å²) in [6.45, 7) is 6.23. The fourth-order valence-electron chi connectivity index (χ4n) is 3.91. The van der Waals surface area contributed by atoms with Gasteiger partial charge < -0.3 is 9.71 Å². The first-order valence-corrected chi connectivity index (χ1v) is 7.78. The number of anilines is 1. The second-order valence-electron chi connectivity index (χ2n) is 7.12. The van der Waals surface area contributed by atoms with Crippen LogP contribution in [0.15, 0.2) is 24.3 Å². The van der Waals surface area contributed by atoms with Crippen LogP contribution >= 0.6 is 0 Å². The van der Waals surface area contributed by atoms with E-state index in [0.717, 1.165) is 31.6 Å².